The Morgan fingerprint density at radius 1 is 1.19 bits per heavy atom. The molecule has 0 spiro atoms. The average molecular weight is 284 g/mol. The minimum Gasteiger partial charge on any atom is -0.356 e. The molecule has 2 N–H and O–H groups in total. The Morgan fingerprint density at radius 2 is 2.00 bits per heavy atom. The van der Waals surface area contributed by atoms with Crippen LogP contribution in [-0.2, 0) is 11.2 Å². The van der Waals surface area contributed by atoms with E-state index in [0.717, 1.165) is 26.1 Å². The molecule has 21 heavy (non-hydrogen) atoms. The molecular weight excluding hydrogens is 260 g/mol. The molecule has 1 heterocycles. The number of aryl methyl sites for hydroxylation is 1. The van der Waals surface area contributed by atoms with E-state index in [-0.39, 0.29) is 5.92 Å². The van der Waals surface area contributed by atoms with E-state index in [0.29, 0.717) is 23.7 Å². The van der Waals surface area contributed by atoms with Crippen molar-refractivity contribution in [3.8, 4) is 0 Å². The number of nitrogens with one attached hydrogen (secondary N) is 2. The molecule has 2 fully saturated rings. The van der Waals surface area contributed by atoms with Gasteiger partial charge in [-0.25, -0.2) is 0 Å². The van der Waals surface area contributed by atoms with Crippen LogP contribution in [0.4, 0.5) is 0 Å². The van der Waals surface area contributed by atoms with Crippen LogP contribution in [0.25, 0.3) is 0 Å². The third-order valence-electron chi connectivity index (χ3n) is 5.66. The second-order valence-electron chi connectivity index (χ2n) is 6.89. The Kier molecular flexibility index (Phi) is 3.46. The van der Waals surface area contributed by atoms with E-state index in [4.69, 9.17) is 0 Å². The maximum atomic E-state index is 12.5. The van der Waals surface area contributed by atoms with E-state index < -0.39 is 0 Å². The van der Waals surface area contributed by atoms with Gasteiger partial charge in [0.05, 0.1) is 0 Å². The first kappa shape index (κ1) is 13.3. The zero-order chi connectivity index (χ0) is 14.2. The maximum Gasteiger partial charge on any atom is 0.224 e. The maximum absolute atomic E-state index is 12.5. The topological polar surface area (TPSA) is 41.1 Å². The van der Waals surface area contributed by atoms with Crippen molar-refractivity contribution in [2.75, 3.05) is 19.6 Å². The monoisotopic (exact) mass is 284 g/mol. The molecule has 0 radical (unpaired) electrons. The standard InChI is InChI=1S/C18H24N2O/c21-18(20-11-12-7-9-19-10-8-12)17-15-6-5-13-3-1-2-4-14(13)16(15)17/h1-4,12,15-17,19H,5-11H2,(H,20,21). The molecular formula is C18H24N2O. The molecule has 1 saturated carbocycles. The predicted molar refractivity (Wildman–Crippen MR) is 83.1 cm³/mol. The van der Waals surface area contributed by atoms with Gasteiger partial charge < -0.3 is 10.6 Å². The van der Waals surface area contributed by atoms with Crippen LogP contribution >= 0.6 is 0 Å². The second-order valence-corrected chi connectivity index (χ2v) is 6.89. The molecule has 0 bridgehead atoms. The lowest BCUT2D eigenvalue weighted by Gasteiger charge is -2.22. The Bertz CT molecular complexity index is 536. The van der Waals surface area contributed by atoms with Gasteiger partial charge in [-0.1, -0.05) is 24.3 Å². The van der Waals surface area contributed by atoms with Gasteiger partial charge in [0.2, 0.25) is 5.91 Å². The predicted octanol–water partition coefficient (Wildman–Crippen LogP) is 2.08. The third-order valence-corrected chi connectivity index (χ3v) is 5.66. The molecule has 1 saturated heterocycles. The molecule has 3 aliphatic rings. The minimum absolute atomic E-state index is 0.246. The van der Waals surface area contributed by atoms with Gasteiger partial charge in [0.1, 0.15) is 0 Å². The highest BCUT2D eigenvalue weighted by atomic mass is 16.2. The fourth-order valence-corrected chi connectivity index (χ4v) is 4.37. The zero-order valence-corrected chi connectivity index (χ0v) is 12.5. The molecule has 3 heteroatoms. The number of benzene rings is 1. The summed E-state index contributed by atoms with van der Waals surface area (Å²) >= 11 is 0. The molecule has 1 aliphatic heterocycles. The summed E-state index contributed by atoms with van der Waals surface area (Å²) < 4.78 is 0. The molecule has 0 aromatic heterocycles. The Labute approximate surface area is 126 Å². The fourth-order valence-electron chi connectivity index (χ4n) is 4.37. The van der Waals surface area contributed by atoms with Gasteiger partial charge in [0.25, 0.3) is 0 Å². The van der Waals surface area contributed by atoms with Crippen LogP contribution in [0.2, 0.25) is 0 Å². The minimum atomic E-state index is 0.246. The molecule has 1 aromatic rings. The molecule has 1 amide bonds. The Morgan fingerprint density at radius 3 is 2.86 bits per heavy atom. The van der Waals surface area contributed by atoms with Crippen LogP contribution in [0.3, 0.4) is 0 Å². The van der Waals surface area contributed by atoms with Crippen molar-refractivity contribution in [3.63, 3.8) is 0 Å². The first-order chi connectivity index (χ1) is 10.3. The number of carbonyl (C=O) groups excluding carboxylic acids is 1. The summed E-state index contributed by atoms with van der Waals surface area (Å²) in [6, 6.07) is 8.69. The van der Waals surface area contributed by atoms with Crippen molar-refractivity contribution < 1.29 is 4.79 Å². The van der Waals surface area contributed by atoms with E-state index >= 15 is 0 Å². The molecule has 3 nitrogen and oxygen atoms in total. The Balaban J connectivity index is 1.37. The van der Waals surface area contributed by atoms with Gasteiger partial charge in [0.15, 0.2) is 0 Å². The molecule has 2 aliphatic carbocycles. The van der Waals surface area contributed by atoms with Crippen LogP contribution in [0.1, 0.15) is 36.3 Å². The van der Waals surface area contributed by atoms with Gasteiger partial charge in [0, 0.05) is 12.5 Å². The number of rotatable bonds is 3. The largest absolute Gasteiger partial charge is 0.356 e. The van der Waals surface area contributed by atoms with Gasteiger partial charge in [-0.2, -0.15) is 0 Å². The SMILES string of the molecule is O=C(NCC1CCNCC1)C1C2CCc3ccccc3C21. The lowest BCUT2D eigenvalue weighted by atomic mass is 9.92. The highest BCUT2D eigenvalue weighted by Crippen LogP contribution is 2.59. The summed E-state index contributed by atoms with van der Waals surface area (Å²) in [5, 5.41) is 6.61. The number of piperidine rings is 1. The highest BCUT2D eigenvalue weighted by Gasteiger charge is 2.56. The van der Waals surface area contributed by atoms with Gasteiger partial charge >= 0.3 is 0 Å². The van der Waals surface area contributed by atoms with Gasteiger partial charge in [-0.3, -0.25) is 4.79 Å². The summed E-state index contributed by atoms with van der Waals surface area (Å²) in [4.78, 5) is 12.5. The number of amides is 1. The normalized spacial score (nSPS) is 31.1. The van der Waals surface area contributed by atoms with Crippen molar-refractivity contribution in [2.45, 2.75) is 31.6 Å². The van der Waals surface area contributed by atoms with Crippen molar-refractivity contribution >= 4 is 5.91 Å². The van der Waals surface area contributed by atoms with E-state index in [1.165, 1.54) is 30.4 Å². The molecule has 3 unspecified atom stereocenters. The molecule has 3 atom stereocenters. The van der Waals surface area contributed by atoms with E-state index in [2.05, 4.69) is 34.9 Å². The summed E-state index contributed by atoms with van der Waals surface area (Å²) in [5.74, 6) is 2.33. The third kappa shape index (κ3) is 2.48. The van der Waals surface area contributed by atoms with Crippen LogP contribution in [0, 0.1) is 17.8 Å². The second kappa shape index (κ2) is 5.45. The van der Waals surface area contributed by atoms with Gasteiger partial charge in [-0.15, -0.1) is 0 Å². The fraction of sp³-hybridized carbons (Fsp3) is 0.611. The molecule has 1 aromatic carbocycles. The van der Waals surface area contributed by atoms with Crippen molar-refractivity contribution in [1.82, 2.24) is 10.6 Å². The molecule has 4 rings (SSSR count). The van der Waals surface area contributed by atoms with E-state index in [1.54, 1.807) is 0 Å². The highest BCUT2D eigenvalue weighted by molar-refractivity contribution is 5.84. The van der Waals surface area contributed by atoms with E-state index in [9.17, 15) is 4.79 Å². The van der Waals surface area contributed by atoms with Crippen molar-refractivity contribution in [2.24, 2.45) is 17.8 Å². The summed E-state index contributed by atoms with van der Waals surface area (Å²) in [5.41, 5.74) is 2.91. The lowest BCUT2D eigenvalue weighted by Crippen LogP contribution is -2.36. The summed E-state index contributed by atoms with van der Waals surface area (Å²) in [7, 11) is 0. The van der Waals surface area contributed by atoms with Crippen molar-refractivity contribution in [1.29, 1.82) is 0 Å². The summed E-state index contributed by atoms with van der Waals surface area (Å²) in [6.45, 7) is 3.07. The van der Waals surface area contributed by atoms with Crippen molar-refractivity contribution in [3.05, 3.63) is 35.4 Å². The van der Waals surface area contributed by atoms with Crippen LogP contribution in [-0.4, -0.2) is 25.5 Å². The number of fused-ring (bicyclic) bond motifs is 3. The number of hydrogen-bond acceptors (Lipinski definition) is 2. The lowest BCUT2D eigenvalue weighted by molar-refractivity contribution is -0.122. The van der Waals surface area contributed by atoms with Crippen LogP contribution < -0.4 is 10.6 Å². The number of hydrogen-bond donors (Lipinski definition) is 2. The zero-order valence-electron chi connectivity index (χ0n) is 12.5. The Hall–Kier alpha value is -1.35. The summed E-state index contributed by atoms with van der Waals surface area (Å²) in [6.07, 6.45) is 4.73. The van der Waals surface area contributed by atoms with E-state index in [1.807, 2.05) is 0 Å². The van der Waals surface area contributed by atoms with Crippen LogP contribution in [0.5, 0.6) is 0 Å². The van der Waals surface area contributed by atoms with Gasteiger partial charge in [-0.05, 0) is 67.7 Å². The average Bonchev–Trinajstić information content (AvgIpc) is 3.29. The van der Waals surface area contributed by atoms with Crippen LogP contribution in [0.15, 0.2) is 24.3 Å². The molecule has 112 valence electrons. The smallest absolute Gasteiger partial charge is 0.224 e. The first-order valence-corrected chi connectivity index (χ1v) is 8.41. The number of carbonyl (C=O) groups is 1. The first-order valence-electron chi connectivity index (χ1n) is 8.41. The quantitative estimate of drug-likeness (QED) is 0.892.